The summed E-state index contributed by atoms with van der Waals surface area (Å²) >= 11 is 1.86. The predicted octanol–water partition coefficient (Wildman–Crippen LogP) is 0.855. The van der Waals surface area contributed by atoms with Gasteiger partial charge >= 0.3 is 0 Å². The smallest absolute Gasteiger partial charge is 0.224 e. The first-order valence-electron chi connectivity index (χ1n) is 5.32. The van der Waals surface area contributed by atoms with Crippen LogP contribution in [-0.4, -0.2) is 37.6 Å². The number of rotatable bonds is 6. The lowest BCUT2D eigenvalue weighted by molar-refractivity contribution is -0.124. The molecule has 0 aromatic carbocycles. The van der Waals surface area contributed by atoms with E-state index < -0.39 is 0 Å². The van der Waals surface area contributed by atoms with E-state index in [1.54, 1.807) is 0 Å². The predicted molar refractivity (Wildman–Crippen MR) is 61.6 cm³/mol. The summed E-state index contributed by atoms with van der Waals surface area (Å²) in [6.07, 6.45) is 5.41. The first kappa shape index (κ1) is 11.9. The molecule has 0 radical (unpaired) electrons. The standard InChI is InChI=1S/C10H20N2OS/c1-14-7-3-2-5-12-10(13)9-4-6-11-8-9/h9,11H,2-8H2,1H3,(H,12,13). The van der Waals surface area contributed by atoms with Gasteiger partial charge in [0.1, 0.15) is 0 Å². The molecule has 1 saturated heterocycles. The summed E-state index contributed by atoms with van der Waals surface area (Å²) in [7, 11) is 0. The van der Waals surface area contributed by atoms with E-state index >= 15 is 0 Å². The number of thioether (sulfide) groups is 1. The van der Waals surface area contributed by atoms with Crippen LogP contribution >= 0.6 is 11.8 Å². The highest BCUT2D eigenvalue weighted by Gasteiger charge is 2.21. The first-order chi connectivity index (χ1) is 6.84. The molecule has 0 aliphatic carbocycles. The topological polar surface area (TPSA) is 41.1 Å². The maximum absolute atomic E-state index is 11.5. The summed E-state index contributed by atoms with van der Waals surface area (Å²) in [5.74, 6) is 1.65. The van der Waals surface area contributed by atoms with Crippen molar-refractivity contribution in [3.05, 3.63) is 0 Å². The largest absolute Gasteiger partial charge is 0.356 e. The van der Waals surface area contributed by atoms with Crippen molar-refractivity contribution in [2.75, 3.05) is 31.6 Å². The lowest BCUT2D eigenvalue weighted by Crippen LogP contribution is -2.32. The van der Waals surface area contributed by atoms with Crippen molar-refractivity contribution >= 4 is 17.7 Å². The van der Waals surface area contributed by atoms with Crippen LogP contribution in [0.15, 0.2) is 0 Å². The molecule has 1 heterocycles. The minimum absolute atomic E-state index is 0.218. The fraction of sp³-hybridized carbons (Fsp3) is 0.900. The van der Waals surface area contributed by atoms with Crippen LogP contribution in [0.1, 0.15) is 19.3 Å². The molecule has 0 saturated carbocycles. The zero-order valence-electron chi connectivity index (χ0n) is 8.84. The lowest BCUT2D eigenvalue weighted by atomic mass is 10.1. The second-order valence-corrected chi connectivity index (χ2v) is 4.67. The molecule has 1 amide bonds. The molecule has 0 spiro atoms. The minimum Gasteiger partial charge on any atom is -0.356 e. The lowest BCUT2D eigenvalue weighted by Gasteiger charge is -2.09. The molecule has 14 heavy (non-hydrogen) atoms. The molecule has 2 N–H and O–H groups in total. The Balaban J connectivity index is 1.97. The third-order valence-electron chi connectivity index (χ3n) is 2.51. The highest BCUT2D eigenvalue weighted by atomic mass is 32.2. The summed E-state index contributed by atoms with van der Waals surface area (Å²) in [5.41, 5.74) is 0. The highest BCUT2D eigenvalue weighted by molar-refractivity contribution is 7.98. The fourth-order valence-electron chi connectivity index (χ4n) is 1.61. The van der Waals surface area contributed by atoms with E-state index in [4.69, 9.17) is 0 Å². The van der Waals surface area contributed by atoms with Gasteiger partial charge in [-0.15, -0.1) is 0 Å². The van der Waals surface area contributed by atoms with Crippen LogP contribution in [0.3, 0.4) is 0 Å². The van der Waals surface area contributed by atoms with Crippen LogP contribution in [0.5, 0.6) is 0 Å². The van der Waals surface area contributed by atoms with Gasteiger partial charge in [-0.05, 0) is 37.8 Å². The van der Waals surface area contributed by atoms with Gasteiger partial charge in [-0.3, -0.25) is 4.79 Å². The first-order valence-corrected chi connectivity index (χ1v) is 6.71. The fourth-order valence-corrected chi connectivity index (χ4v) is 2.10. The molecule has 82 valence electrons. The van der Waals surface area contributed by atoms with Crippen LogP contribution in [0, 0.1) is 5.92 Å². The average Bonchev–Trinajstić information content (AvgIpc) is 2.70. The molecular formula is C10H20N2OS. The van der Waals surface area contributed by atoms with Gasteiger partial charge in [0.25, 0.3) is 0 Å². The van der Waals surface area contributed by atoms with Crippen LogP contribution < -0.4 is 10.6 Å². The SMILES string of the molecule is CSCCCCNC(=O)C1CCNC1. The Hall–Kier alpha value is -0.220. The van der Waals surface area contributed by atoms with E-state index in [2.05, 4.69) is 16.9 Å². The molecule has 0 aromatic heterocycles. The zero-order chi connectivity index (χ0) is 10.2. The monoisotopic (exact) mass is 216 g/mol. The molecule has 1 atom stereocenters. The second kappa shape index (κ2) is 7.12. The van der Waals surface area contributed by atoms with Gasteiger partial charge in [0.15, 0.2) is 0 Å². The third-order valence-corrected chi connectivity index (χ3v) is 3.20. The molecule has 1 unspecified atom stereocenters. The van der Waals surface area contributed by atoms with Crippen molar-refractivity contribution in [3.63, 3.8) is 0 Å². The van der Waals surface area contributed by atoms with Gasteiger partial charge in [-0.1, -0.05) is 0 Å². The van der Waals surface area contributed by atoms with Crippen molar-refractivity contribution in [3.8, 4) is 0 Å². The maximum atomic E-state index is 11.5. The number of nitrogens with one attached hydrogen (secondary N) is 2. The molecule has 4 heteroatoms. The van der Waals surface area contributed by atoms with Crippen LogP contribution in [0.4, 0.5) is 0 Å². The quantitative estimate of drug-likeness (QED) is 0.647. The summed E-state index contributed by atoms with van der Waals surface area (Å²) < 4.78 is 0. The van der Waals surface area contributed by atoms with Crippen molar-refractivity contribution in [1.82, 2.24) is 10.6 Å². The summed E-state index contributed by atoms with van der Waals surface area (Å²) in [6, 6.07) is 0. The Labute approximate surface area is 90.4 Å². The Morgan fingerprint density at radius 2 is 2.43 bits per heavy atom. The van der Waals surface area contributed by atoms with Crippen molar-refractivity contribution < 1.29 is 4.79 Å². The third kappa shape index (κ3) is 4.33. The number of carbonyl (C=O) groups excluding carboxylic acids is 1. The zero-order valence-corrected chi connectivity index (χ0v) is 9.66. The molecule has 1 rings (SSSR count). The summed E-state index contributed by atoms with van der Waals surface area (Å²) in [6.45, 7) is 2.69. The van der Waals surface area contributed by atoms with Crippen LogP contribution in [0.2, 0.25) is 0 Å². The Bertz CT molecular complexity index is 170. The van der Waals surface area contributed by atoms with E-state index in [1.165, 1.54) is 12.2 Å². The van der Waals surface area contributed by atoms with Gasteiger partial charge in [-0.2, -0.15) is 11.8 Å². The van der Waals surface area contributed by atoms with Gasteiger partial charge in [-0.25, -0.2) is 0 Å². The number of carbonyl (C=O) groups is 1. The number of unbranched alkanes of at least 4 members (excludes halogenated alkanes) is 1. The van der Waals surface area contributed by atoms with Gasteiger partial charge < -0.3 is 10.6 Å². The minimum atomic E-state index is 0.218. The molecule has 0 aromatic rings. The normalized spacial score (nSPS) is 21.1. The van der Waals surface area contributed by atoms with Gasteiger partial charge in [0, 0.05) is 13.1 Å². The van der Waals surface area contributed by atoms with Crippen molar-refractivity contribution in [1.29, 1.82) is 0 Å². The Morgan fingerprint density at radius 1 is 1.57 bits per heavy atom. The maximum Gasteiger partial charge on any atom is 0.224 e. The molecular weight excluding hydrogens is 196 g/mol. The summed E-state index contributed by atoms with van der Waals surface area (Å²) in [4.78, 5) is 11.5. The number of hydrogen-bond acceptors (Lipinski definition) is 3. The van der Waals surface area contributed by atoms with Gasteiger partial charge in [0.05, 0.1) is 5.92 Å². The van der Waals surface area contributed by atoms with Crippen LogP contribution in [0.25, 0.3) is 0 Å². The average molecular weight is 216 g/mol. The Kier molecular flexibility index (Phi) is 6.03. The van der Waals surface area contributed by atoms with Crippen molar-refractivity contribution in [2.45, 2.75) is 19.3 Å². The van der Waals surface area contributed by atoms with Crippen molar-refractivity contribution in [2.24, 2.45) is 5.92 Å². The number of hydrogen-bond donors (Lipinski definition) is 2. The Morgan fingerprint density at radius 3 is 3.07 bits per heavy atom. The van der Waals surface area contributed by atoms with Gasteiger partial charge in [0.2, 0.25) is 5.91 Å². The van der Waals surface area contributed by atoms with E-state index in [1.807, 2.05) is 11.8 Å². The number of amides is 1. The summed E-state index contributed by atoms with van der Waals surface area (Å²) in [5, 5.41) is 6.20. The van der Waals surface area contributed by atoms with E-state index in [-0.39, 0.29) is 11.8 Å². The molecule has 3 nitrogen and oxygen atoms in total. The molecule has 1 fully saturated rings. The highest BCUT2D eigenvalue weighted by Crippen LogP contribution is 2.07. The van der Waals surface area contributed by atoms with E-state index in [0.29, 0.717) is 0 Å². The van der Waals surface area contributed by atoms with Crippen LogP contribution in [-0.2, 0) is 4.79 Å². The van der Waals surface area contributed by atoms with E-state index in [9.17, 15) is 4.79 Å². The van der Waals surface area contributed by atoms with E-state index in [0.717, 1.165) is 32.5 Å². The molecule has 1 aliphatic heterocycles. The molecule has 1 aliphatic rings. The second-order valence-electron chi connectivity index (χ2n) is 3.68. The molecule has 0 bridgehead atoms.